The van der Waals surface area contributed by atoms with Crippen LogP contribution in [0.25, 0.3) is 0 Å². The van der Waals surface area contributed by atoms with Gasteiger partial charge in [-0.3, -0.25) is 10.2 Å². The molecular formula is C20H26N4OS. The number of aryl methyl sites for hydroxylation is 1. The van der Waals surface area contributed by atoms with Gasteiger partial charge in [-0.05, 0) is 30.9 Å². The lowest BCUT2D eigenvalue weighted by Gasteiger charge is -2.26. The molecule has 2 amide bonds. The lowest BCUT2D eigenvalue weighted by Crippen LogP contribution is -2.36. The van der Waals surface area contributed by atoms with E-state index >= 15 is 0 Å². The largest absolute Gasteiger partial charge is 0.335 e. The monoisotopic (exact) mass is 370 g/mol. The van der Waals surface area contributed by atoms with Crippen LogP contribution < -0.4 is 10.6 Å². The van der Waals surface area contributed by atoms with Gasteiger partial charge in [0, 0.05) is 37.0 Å². The van der Waals surface area contributed by atoms with Crippen LogP contribution in [0.1, 0.15) is 47.4 Å². The SMILES string of the molecule is Cc1ccccc1CN1CCc2nc(NC(=O)NC3CCCC3)sc2C1. The number of hydrogen-bond donors (Lipinski definition) is 2. The third-order valence-electron chi connectivity index (χ3n) is 5.38. The standard InChI is InChI=1S/C20H26N4OS/c1-14-6-2-3-7-15(14)12-24-11-10-17-18(13-24)26-20(22-17)23-19(25)21-16-8-4-5-9-16/h2-3,6-7,16H,4-5,8-13H2,1H3,(H2,21,22,23,25). The molecule has 1 aromatic carbocycles. The smallest absolute Gasteiger partial charge is 0.321 e. The van der Waals surface area contributed by atoms with Crippen molar-refractivity contribution in [1.29, 1.82) is 0 Å². The average Bonchev–Trinajstić information content (AvgIpc) is 3.25. The van der Waals surface area contributed by atoms with Crippen LogP contribution in [0.4, 0.5) is 9.93 Å². The van der Waals surface area contributed by atoms with Crippen molar-refractivity contribution in [2.24, 2.45) is 0 Å². The van der Waals surface area contributed by atoms with E-state index in [0.29, 0.717) is 6.04 Å². The first kappa shape index (κ1) is 17.5. The van der Waals surface area contributed by atoms with Crippen molar-refractivity contribution < 1.29 is 4.79 Å². The van der Waals surface area contributed by atoms with Crippen LogP contribution in [0.5, 0.6) is 0 Å². The maximum absolute atomic E-state index is 12.2. The fourth-order valence-corrected chi connectivity index (χ4v) is 4.90. The van der Waals surface area contributed by atoms with E-state index in [1.54, 1.807) is 11.3 Å². The first-order valence-electron chi connectivity index (χ1n) is 9.50. The van der Waals surface area contributed by atoms with Crippen molar-refractivity contribution in [3.05, 3.63) is 46.0 Å². The molecule has 1 aliphatic heterocycles. The number of amides is 2. The summed E-state index contributed by atoms with van der Waals surface area (Å²) in [5.74, 6) is 0. The van der Waals surface area contributed by atoms with Gasteiger partial charge in [0.1, 0.15) is 0 Å². The molecule has 5 nitrogen and oxygen atoms in total. The number of urea groups is 1. The van der Waals surface area contributed by atoms with Crippen LogP contribution in [0.15, 0.2) is 24.3 Å². The van der Waals surface area contributed by atoms with Gasteiger partial charge in [-0.2, -0.15) is 0 Å². The van der Waals surface area contributed by atoms with Gasteiger partial charge in [0.05, 0.1) is 5.69 Å². The summed E-state index contributed by atoms with van der Waals surface area (Å²) in [6.45, 7) is 5.06. The number of nitrogens with one attached hydrogen (secondary N) is 2. The summed E-state index contributed by atoms with van der Waals surface area (Å²) >= 11 is 1.62. The predicted molar refractivity (Wildman–Crippen MR) is 106 cm³/mol. The molecule has 2 N–H and O–H groups in total. The summed E-state index contributed by atoms with van der Waals surface area (Å²) in [7, 11) is 0. The van der Waals surface area contributed by atoms with Gasteiger partial charge in [-0.15, -0.1) is 11.3 Å². The van der Waals surface area contributed by atoms with E-state index in [-0.39, 0.29) is 6.03 Å². The van der Waals surface area contributed by atoms with Gasteiger partial charge < -0.3 is 5.32 Å². The highest BCUT2D eigenvalue weighted by molar-refractivity contribution is 7.15. The van der Waals surface area contributed by atoms with Crippen LogP contribution in [0.3, 0.4) is 0 Å². The number of benzene rings is 1. The number of carbonyl (C=O) groups excluding carboxylic acids is 1. The van der Waals surface area contributed by atoms with E-state index in [1.807, 2.05) is 0 Å². The lowest BCUT2D eigenvalue weighted by molar-refractivity contribution is 0.246. The van der Waals surface area contributed by atoms with Crippen LogP contribution in [0.2, 0.25) is 0 Å². The minimum absolute atomic E-state index is 0.111. The summed E-state index contributed by atoms with van der Waals surface area (Å²) in [5, 5.41) is 6.73. The molecule has 0 saturated heterocycles. The van der Waals surface area contributed by atoms with E-state index in [2.05, 4.69) is 51.7 Å². The normalized spacial score (nSPS) is 17.9. The summed E-state index contributed by atoms with van der Waals surface area (Å²) < 4.78 is 0. The molecule has 0 bridgehead atoms. The molecule has 0 radical (unpaired) electrons. The van der Waals surface area contributed by atoms with Crippen LogP contribution >= 0.6 is 11.3 Å². The topological polar surface area (TPSA) is 57.3 Å². The maximum Gasteiger partial charge on any atom is 0.321 e. The molecule has 1 aliphatic carbocycles. The number of nitrogens with zero attached hydrogens (tertiary/aromatic N) is 2. The Balaban J connectivity index is 1.36. The molecule has 1 aromatic heterocycles. The number of carbonyl (C=O) groups is 1. The van der Waals surface area contributed by atoms with Crippen LogP contribution in [-0.4, -0.2) is 28.5 Å². The Bertz CT molecular complexity index is 782. The third kappa shape index (κ3) is 4.07. The van der Waals surface area contributed by atoms with Crippen molar-refractivity contribution in [1.82, 2.24) is 15.2 Å². The lowest BCUT2D eigenvalue weighted by atomic mass is 10.1. The highest BCUT2D eigenvalue weighted by Gasteiger charge is 2.22. The number of hydrogen-bond acceptors (Lipinski definition) is 4. The van der Waals surface area contributed by atoms with Gasteiger partial charge in [-0.25, -0.2) is 9.78 Å². The maximum atomic E-state index is 12.2. The third-order valence-corrected chi connectivity index (χ3v) is 6.37. The minimum atomic E-state index is -0.111. The van der Waals surface area contributed by atoms with Crippen molar-refractivity contribution in [3.8, 4) is 0 Å². The van der Waals surface area contributed by atoms with Gasteiger partial charge in [0.25, 0.3) is 0 Å². The first-order valence-corrected chi connectivity index (χ1v) is 10.3. The van der Waals surface area contributed by atoms with E-state index in [1.165, 1.54) is 28.8 Å². The predicted octanol–water partition coefficient (Wildman–Crippen LogP) is 4.07. The van der Waals surface area contributed by atoms with E-state index in [0.717, 1.165) is 49.7 Å². The quantitative estimate of drug-likeness (QED) is 0.853. The molecule has 26 heavy (non-hydrogen) atoms. The summed E-state index contributed by atoms with van der Waals surface area (Å²) in [6, 6.07) is 8.79. The van der Waals surface area contributed by atoms with Crippen molar-refractivity contribution >= 4 is 22.5 Å². The number of thiazole rings is 1. The van der Waals surface area contributed by atoms with Crippen molar-refractivity contribution in [3.63, 3.8) is 0 Å². The summed E-state index contributed by atoms with van der Waals surface area (Å²) in [4.78, 5) is 20.5. The first-order chi connectivity index (χ1) is 12.7. The number of rotatable bonds is 4. The van der Waals surface area contributed by atoms with E-state index < -0.39 is 0 Å². The molecule has 1 saturated carbocycles. The van der Waals surface area contributed by atoms with Gasteiger partial charge in [0.2, 0.25) is 0 Å². The second-order valence-corrected chi connectivity index (χ2v) is 8.44. The number of aromatic nitrogens is 1. The Morgan fingerprint density at radius 1 is 1.31 bits per heavy atom. The Hall–Kier alpha value is -1.92. The number of anilines is 1. The fourth-order valence-electron chi connectivity index (χ4n) is 3.85. The van der Waals surface area contributed by atoms with Gasteiger partial charge >= 0.3 is 6.03 Å². The van der Waals surface area contributed by atoms with Gasteiger partial charge in [-0.1, -0.05) is 37.1 Å². The fraction of sp³-hybridized carbons (Fsp3) is 0.500. The Labute approximate surface area is 158 Å². The summed E-state index contributed by atoms with van der Waals surface area (Å²) in [5.41, 5.74) is 3.87. The molecule has 1 fully saturated rings. The molecular weight excluding hydrogens is 344 g/mol. The van der Waals surface area contributed by atoms with Crippen molar-refractivity contribution in [2.75, 3.05) is 11.9 Å². The molecule has 138 valence electrons. The highest BCUT2D eigenvalue weighted by Crippen LogP contribution is 2.29. The average molecular weight is 371 g/mol. The minimum Gasteiger partial charge on any atom is -0.335 e. The molecule has 4 rings (SSSR count). The molecule has 2 aromatic rings. The zero-order valence-electron chi connectivity index (χ0n) is 15.3. The van der Waals surface area contributed by atoms with E-state index in [9.17, 15) is 4.79 Å². The zero-order valence-corrected chi connectivity index (χ0v) is 16.1. The molecule has 6 heteroatoms. The second kappa shape index (κ2) is 7.76. The molecule has 0 spiro atoms. The zero-order chi connectivity index (χ0) is 17.9. The van der Waals surface area contributed by atoms with Crippen molar-refractivity contribution in [2.45, 2.75) is 58.2 Å². The van der Waals surface area contributed by atoms with E-state index in [4.69, 9.17) is 0 Å². The van der Waals surface area contributed by atoms with Gasteiger partial charge in [0.15, 0.2) is 5.13 Å². The highest BCUT2D eigenvalue weighted by atomic mass is 32.1. The molecule has 0 unspecified atom stereocenters. The van der Waals surface area contributed by atoms with Crippen LogP contribution in [-0.2, 0) is 19.5 Å². The Kier molecular flexibility index (Phi) is 5.22. The molecule has 2 heterocycles. The Morgan fingerprint density at radius 3 is 2.92 bits per heavy atom. The molecule has 2 aliphatic rings. The molecule has 0 atom stereocenters. The summed E-state index contributed by atoms with van der Waals surface area (Å²) in [6.07, 6.45) is 5.56. The second-order valence-electron chi connectivity index (χ2n) is 7.36. The number of fused-ring (bicyclic) bond motifs is 1. The Morgan fingerprint density at radius 2 is 2.12 bits per heavy atom. The van der Waals surface area contributed by atoms with Crippen LogP contribution in [0, 0.1) is 6.92 Å².